The number of ether oxygens (including phenoxy) is 1. The number of benzene rings is 1. The number of aliphatic hydroxyl groups excluding tert-OH is 2. The lowest BCUT2D eigenvalue weighted by atomic mass is 9.96. The molecule has 1 aliphatic heterocycles. The first-order chi connectivity index (χ1) is 19.4. The topological polar surface area (TPSA) is 178 Å². The van der Waals surface area contributed by atoms with Crippen LogP contribution in [0.4, 0.5) is 0 Å². The summed E-state index contributed by atoms with van der Waals surface area (Å²) in [6.45, 7) is 3.99. The number of thioether (sulfide) groups is 1. The summed E-state index contributed by atoms with van der Waals surface area (Å²) in [6, 6.07) is 9.18. The number of fused-ring (bicyclic) bond motifs is 1. The predicted molar refractivity (Wildman–Crippen MR) is 152 cm³/mol. The quantitative estimate of drug-likeness (QED) is 0.123. The van der Waals surface area contributed by atoms with Crippen molar-refractivity contribution in [3.05, 3.63) is 53.7 Å². The summed E-state index contributed by atoms with van der Waals surface area (Å²) in [7, 11) is -3.99. The number of nitrogens with zero attached hydrogens (tertiary/aromatic N) is 4. The summed E-state index contributed by atoms with van der Waals surface area (Å²) in [5, 5.41) is 34.2. The van der Waals surface area contributed by atoms with E-state index in [0.29, 0.717) is 11.2 Å². The molecule has 5 atom stereocenters. The van der Waals surface area contributed by atoms with Crippen molar-refractivity contribution in [2.45, 2.75) is 51.4 Å². The third-order valence-electron chi connectivity index (χ3n) is 6.58. The minimum Gasteiger partial charge on any atom is -0.395 e. The number of carbonyl (C=O) groups is 1. The molecule has 2 aromatic heterocycles. The van der Waals surface area contributed by atoms with Gasteiger partial charge in [-0.3, -0.25) is 18.4 Å². The normalized spacial score (nSPS) is 24.5. The highest BCUT2D eigenvalue weighted by molar-refractivity contribution is 8.13. The number of hydrogen-bond donors (Lipinski definition) is 4. The Morgan fingerprint density at radius 3 is 2.71 bits per heavy atom. The molecule has 0 saturated carbocycles. The Morgan fingerprint density at radius 1 is 1.27 bits per heavy atom. The van der Waals surface area contributed by atoms with Gasteiger partial charge in [0.2, 0.25) is 0 Å². The van der Waals surface area contributed by atoms with Crippen molar-refractivity contribution < 1.29 is 38.5 Å². The first-order valence-corrected chi connectivity index (χ1v) is 15.6. The lowest BCUT2D eigenvalue weighted by molar-refractivity contribution is -0.119. The summed E-state index contributed by atoms with van der Waals surface area (Å²) in [6.07, 6.45) is -1.07. The maximum atomic E-state index is 13.7. The summed E-state index contributed by atoms with van der Waals surface area (Å²) in [5.74, 6) is 0.167. The molecule has 2 unspecified atom stereocenters. The number of imidazole rings is 1. The molecule has 0 amide bonds. The van der Waals surface area contributed by atoms with E-state index < -0.39 is 43.8 Å². The summed E-state index contributed by atoms with van der Waals surface area (Å²) in [4.78, 5) is 24.5. The van der Waals surface area contributed by atoms with Gasteiger partial charge in [-0.05, 0) is 26.3 Å². The summed E-state index contributed by atoms with van der Waals surface area (Å²) < 4.78 is 32.4. The van der Waals surface area contributed by atoms with Crippen molar-refractivity contribution in [1.82, 2.24) is 24.6 Å². The van der Waals surface area contributed by atoms with Gasteiger partial charge in [0, 0.05) is 12.3 Å². The van der Waals surface area contributed by atoms with Gasteiger partial charge in [0.15, 0.2) is 22.1 Å². The number of rotatable bonds is 13. The van der Waals surface area contributed by atoms with Gasteiger partial charge in [0.25, 0.3) is 0 Å². The van der Waals surface area contributed by atoms with E-state index in [2.05, 4.69) is 20.0 Å². The lowest BCUT2D eigenvalue weighted by Gasteiger charge is -2.27. The van der Waals surface area contributed by atoms with Crippen LogP contribution in [-0.4, -0.2) is 83.3 Å². The van der Waals surface area contributed by atoms with Crippen molar-refractivity contribution in [2.24, 2.45) is 5.41 Å². The maximum absolute atomic E-state index is 13.7. The van der Waals surface area contributed by atoms with E-state index in [1.807, 2.05) is 30.3 Å². The highest BCUT2D eigenvalue weighted by Crippen LogP contribution is 2.47. The SMILES string of the molecule is CC(C)(CO)C(=O)SCCOP(=O)(NCc1ccccc1)OC[C@H]1O[C@@H](n2cnc3c(Cl)ncnc32)[C@@](C)(O)C1O. The van der Waals surface area contributed by atoms with Crippen LogP contribution in [0.25, 0.3) is 11.2 Å². The first kappa shape index (κ1) is 32.0. The third kappa shape index (κ3) is 7.34. The molecule has 0 aliphatic carbocycles. The van der Waals surface area contributed by atoms with Crippen LogP contribution in [0.1, 0.15) is 32.6 Å². The van der Waals surface area contributed by atoms with Gasteiger partial charge in [-0.2, -0.15) is 0 Å². The summed E-state index contributed by atoms with van der Waals surface area (Å²) in [5.41, 5.74) is -1.32. The van der Waals surface area contributed by atoms with Crippen LogP contribution in [0.15, 0.2) is 43.0 Å². The highest BCUT2D eigenvalue weighted by atomic mass is 35.5. The molecule has 1 fully saturated rings. The number of aromatic nitrogens is 4. The molecule has 3 aromatic rings. The molecule has 13 nitrogen and oxygen atoms in total. The molecule has 16 heteroatoms. The standard InChI is InChI=1S/C25H33ClN5O8PS/c1-24(2,13-32)23(34)41-10-9-37-40(36,30-11-16-7-5-4-6-8-16)38-12-17-19(33)25(3,35)22(39-17)31-15-29-18-20(26)27-14-28-21(18)31/h4-8,14-15,17,19,22,32-33,35H,9-13H2,1-3H3,(H,30,36)/t17-,19?,22-,25+,40?/m1/s1. The molecular weight excluding hydrogens is 597 g/mol. The number of nitrogens with one attached hydrogen (secondary N) is 1. The van der Waals surface area contributed by atoms with E-state index >= 15 is 0 Å². The Morgan fingerprint density at radius 2 is 2.00 bits per heavy atom. The molecule has 4 rings (SSSR count). The Kier molecular flexibility index (Phi) is 10.2. The number of halogens is 1. The second kappa shape index (κ2) is 13.1. The van der Waals surface area contributed by atoms with Crippen molar-refractivity contribution in [3.63, 3.8) is 0 Å². The minimum absolute atomic E-state index is 0.104. The van der Waals surface area contributed by atoms with Crippen LogP contribution in [0.3, 0.4) is 0 Å². The van der Waals surface area contributed by atoms with Gasteiger partial charge < -0.3 is 20.1 Å². The molecule has 0 spiro atoms. The molecule has 4 N–H and O–H groups in total. The molecular formula is C25H33ClN5O8PS. The molecule has 0 bridgehead atoms. The van der Waals surface area contributed by atoms with Crippen molar-refractivity contribution in [2.75, 3.05) is 25.6 Å². The van der Waals surface area contributed by atoms with Gasteiger partial charge in [-0.25, -0.2) is 24.6 Å². The smallest absolute Gasteiger partial charge is 0.395 e. The van der Waals surface area contributed by atoms with Crippen LogP contribution in [0.2, 0.25) is 5.15 Å². The van der Waals surface area contributed by atoms with Crippen LogP contribution in [-0.2, 0) is 29.7 Å². The van der Waals surface area contributed by atoms with E-state index in [0.717, 1.165) is 17.3 Å². The van der Waals surface area contributed by atoms with Crippen molar-refractivity contribution >= 4 is 47.4 Å². The van der Waals surface area contributed by atoms with E-state index in [1.54, 1.807) is 13.8 Å². The summed E-state index contributed by atoms with van der Waals surface area (Å²) >= 11 is 7.05. The zero-order valence-electron chi connectivity index (χ0n) is 22.7. The van der Waals surface area contributed by atoms with Crippen LogP contribution < -0.4 is 5.09 Å². The average molecular weight is 630 g/mol. The molecule has 1 saturated heterocycles. The predicted octanol–water partition coefficient (Wildman–Crippen LogP) is 2.70. The second-order valence-corrected chi connectivity index (χ2v) is 13.6. The van der Waals surface area contributed by atoms with Crippen molar-refractivity contribution in [3.8, 4) is 0 Å². The number of carbonyl (C=O) groups excluding carboxylic acids is 1. The fourth-order valence-electron chi connectivity index (χ4n) is 4.01. The van der Waals surface area contributed by atoms with Gasteiger partial charge in [0.05, 0.1) is 31.6 Å². The van der Waals surface area contributed by atoms with E-state index in [9.17, 15) is 24.7 Å². The van der Waals surface area contributed by atoms with Gasteiger partial charge >= 0.3 is 7.75 Å². The zero-order chi connectivity index (χ0) is 29.8. The van der Waals surface area contributed by atoms with Crippen LogP contribution >= 0.6 is 31.1 Å². The van der Waals surface area contributed by atoms with E-state index in [1.165, 1.54) is 24.1 Å². The molecule has 0 radical (unpaired) electrons. The zero-order valence-corrected chi connectivity index (χ0v) is 25.2. The fraction of sp³-hybridized carbons (Fsp3) is 0.520. The Balaban J connectivity index is 1.44. The monoisotopic (exact) mass is 629 g/mol. The Labute approximate surface area is 246 Å². The van der Waals surface area contributed by atoms with E-state index in [4.69, 9.17) is 25.4 Å². The molecule has 1 aromatic carbocycles. The Bertz CT molecular complexity index is 1390. The van der Waals surface area contributed by atoms with Crippen LogP contribution in [0.5, 0.6) is 0 Å². The van der Waals surface area contributed by atoms with E-state index in [-0.39, 0.29) is 35.8 Å². The molecule has 3 heterocycles. The van der Waals surface area contributed by atoms with Crippen LogP contribution in [0, 0.1) is 5.41 Å². The highest BCUT2D eigenvalue weighted by Gasteiger charge is 2.54. The second-order valence-electron chi connectivity index (χ2n) is 10.3. The van der Waals surface area contributed by atoms with Gasteiger partial charge in [-0.1, -0.05) is 53.7 Å². The maximum Gasteiger partial charge on any atom is 0.405 e. The molecule has 41 heavy (non-hydrogen) atoms. The third-order valence-corrected chi connectivity index (χ3v) is 9.59. The van der Waals surface area contributed by atoms with Gasteiger partial charge in [-0.15, -0.1) is 0 Å². The molecule has 224 valence electrons. The Hall–Kier alpha value is -1.97. The first-order valence-electron chi connectivity index (χ1n) is 12.7. The van der Waals surface area contributed by atoms with Gasteiger partial charge in [0.1, 0.15) is 29.7 Å². The molecule has 1 aliphatic rings. The van der Waals surface area contributed by atoms with Crippen molar-refractivity contribution in [1.29, 1.82) is 0 Å². The number of hydrogen-bond acceptors (Lipinski definition) is 12. The largest absolute Gasteiger partial charge is 0.405 e. The minimum atomic E-state index is -3.99. The fourth-order valence-corrected chi connectivity index (χ4v) is 6.42. The lowest BCUT2D eigenvalue weighted by Crippen LogP contribution is -2.44. The average Bonchev–Trinajstić information content (AvgIpc) is 3.48. The number of aliphatic hydroxyl groups is 3.